The maximum absolute atomic E-state index is 12.6. The van der Waals surface area contributed by atoms with Crippen molar-refractivity contribution < 1.29 is 4.79 Å². The fourth-order valence-corrected chi connectivity index (χ4v) is 5.33. The monoisotopic (exact) mass is 426 g/mol. The summed E-state index contributed by atoms with van der Waals surface area (Å²) in [7, 11) is 0. The van der Waals surface area contributed by atoms with Gasteiger partial charge >= 0.3 is 0 Å². The minimum atomic E-state index is 0.00129. The lowest BCUT2D eigenvalue weighted by Gasteiger charge is -2.20. The number of aryl methyl sites for hydroxylation is 1. The Labute approximate surface area is 182 Å². The number of carbonyl (C=O) groups is 1. The first-order valence-electron chi connectivity index (χ1n) is 11.2. The number of nitrogens with one attached hydrogen (secondary N) is 1. The molecule has 1 aliphatic carbocycles. The van der Waals surface area contributed by atoms with E-state index in [1.54, 1.807) is 0 Å². The van der Waals surface area contributed by atoms with E-state index in [0.717, 1.165) is 43.0 Å². The van der Waals surface area contributed by atoms with Crippen molar-refractivity contribution in [3.8, 4) is 0 Å². The van der Waals surface area contributed by atoms with Crippen LogP contribution in [0.15, 0.2) is 23.4 Å². The predicted octanol–water partition coefficient (Wildman–Crippen LogP) is 3.85. The van der Waals surface area contributed by atoms with E-state index in [2.05, 4.69) is 48.9 Å². The average molecular weight is 427 g/mol. The highest BCUT2D eigenvalue weighted by molar-refractivity contribution is 7.99. The van der Waals surface area contributed by atoms with Gasteiger partial charge in [0.15, 0.2) is 5.16 Å². The number of thioether (sulfide) groups is 1. The second-order valence-electron chi connectivity index (χ2n) is 8.61. The molecule has 2 aliphatic heterocycles. The molecule has 2 saturated heterocycles. The number of hydrogen-bond donors (Lipinski definition) is 1. The molecule has 0 radical (unpaired) electrons. The molecule has 5 rings (SSSR count). The van der Waals surface area contributed by atoms with Crippen LogP contribution in [-0.2, 0) is 4.79 Å². The zero-order valence-electron chi connectivity index (χ0n) is 17.6. The molecule has 30 heavy (non-hydrogen) atoms. The van der Waals surface area contributed by atoms with Crippen molar-refractivity contribution in [1.29, 1.82) is 0 Å². The number of anilines is 3. The number of benzene rings is 1. The van der Waals surface area contributed by atoms with Crippen molar-refractivity contribution in [2.24, 2.45) is 0 Å². The first-order chi connectivity index (χ1) is 14.7. The molecule has 3 fully saturated rings. The summed E-state index contributed by atoms with van der Waals surface area (Å²) >= 11 is 1.49. The summed E-state index contributed by atoms with van der Waals surface area (Å²) in [5.41, 5.74) is 3.36. The van der Waals surface area contributed by atoms with Crippen LogP contribution in [0.3, 0.4) is 0 Å². The van der Waals surface area contributed by atoms with Gasteiger partial charge in [0, 0.05) is 43.6 Å². The Bertz CT molecular complexity index is 912. The van der Waals surface area contributed by atoms with Crippen LogP contribution in [0.1, 0.15) is 50.1 Å². The Kier molecular flexibility index (Phi) is 5.58. The molecule has 1 aromatic carbocycles. The van der Waals surface area contributed by atoms with Crippen LogP contribution < -0.4 is 15.1 Å². The first kappa shape index (κ1) is 19.7. The molecule has 1 aromatic heterocycles. The molecule has 0 atom stereocenters. The van der Waals surface area contributed by atoms with E-state index in [1.807, 2.05) is 6.07 Å². The molecule has 8 heteroatoms. The van der Waals surface area contributed by atoms with Gasteiger partial charge in [-0.2, -0.15) is 0 Å². The van der Waals surface area contributed by atoms with Crippen LogP contribution in [-0.4, -0.2) is 52.6 Å². The average Bonchev–Trinajstić information content (AvgIpc) is 3.17. The van der Waals surface area contributed by atoms with Gasteiger partial charge in [0.1, 0.15) is 0 Å². The lowest BCUT2D eigenvalue weighted by Crippen LogP contribution is -2.22. The van der Waals surface area contributed by atoms with Crippen LogP contribution in [0.4, 0.5) is 17.3 Å². The molecule has 0 spiro atoms. The third kappa shape index (κ3) is 4.15. The zero-order chi connectivity index (χ0) is 20.5. The van der Waals surface area contributed by atoms with E-state index >= 15 is 0 Å². The Morgan fingerprint density at radius 1 is 1.07 bits per heavy atom. The van der Waals surface area contributed by atoms with Gasteiger partial charge in [-0.05, 0) is 69.2 Å². The summed E-state index contributed by atoms with van der Waals surface area (Å²) in [4.78, 5) is 17.4. The standard InChI is InChI=1S/C22H30N6OS/c1-16-14-17(6-9-19(16)26-10-2-3-11-26)23-20(29)15-30-22-25-24-21(27-12-4-5-13-27)28(22)18-7-8-18/h6,9,14,18H,2-5,7-8,10-13,15H2,1H3,(H,23,29). The number of nitrogens with zero attached hydrogens (tertiary/aromatic N) is 5. The number of rotatable bonds is 7. The molecule has 2 aromatic rings. The summed E-state index contributed by atoms with van der Waals surface area (Å²) in [6.45, 7) is 6.50. The molecule has 3 aliphatic rings. The number of carbonyl (C=O) groups excluding carboxylic acids is 1. The normalized spacial score (nSPS) is 19.0. The van der Waals surface area contributed by atoms with Gasteiger partial charge in [0.05, 0.1) is 5.75 Å². The highest BCUT2D eigenvalue weighted by atomic mass is 32.2. The summed E-state index contributed by atoms with van der Waals surface area (Å²) < 4.78 is 2.26. The number of amides is 1. The van der Waals surface area contributed by atoms with E-state index < -0.39 is 0 Å². The maximum atomic E-state index is 12.6. The van der Waals surface area contributed by atoms with Gasteiger partial charge in [-0.3, -0.25) is 9.36 Å². The molecule has 160 valence electrons. The van der Waals surface area contributed by atoms with Crippen LogP contribution in [0.2, 0.25) is 0 Å². The molecule has 0 unspecified atom stereocenters. The summed E-state index contributed by atoms with van der Waals surface area (Å²) in [6, 6.07) is 6.73. The van der Waals surface area contributed by atoms with Gasteiger partial charge in [-0.25, -0.2) is 0 Å². The lowest BCUT2D eigenvalue weighted by molar-refractivity contribution is -0.113. The molecule has 0 bridgehead atoms. The molecule has 1 amide bonds. The predicted molar refractivity (Wildman–Crippen MR) is 122 cm³/mol. The van der Waals surface area contributed by atoms with Crippen LogP contribution in [0.5, 0.6) is 0 Å². The quantitative estimate of drug-likeness (QED) is 0.679. The van der Waals surface area contributed by atoms with Crippen molar-refractivity contribution in [2.45, 2.75) is 56.6 Å². The van der Waals surface area contributed by atoms with Gasteiger partial charge < -0.3 is 15.1 Å². The summed E-state index contributed by atoms with van der Waals surface area (Å²) in [6.07, 6.45) is 7.33. The van der Waals surface area contributed by atoms with Crippen molar-refractivity contribution in [2.75, 3.05) is 47.0 Å². The van der Waals surface area contributed by atoms with Crippen molar-refractivity contribution in [3.05, 3.63) is 23.8 Å². The van der Waals surface area contributed by atoms with Crippen LogP contribution >= 0.6 is 11.8 Å². The fourth-order valence-electron chi connectivity index (χ4n) is 4.53. The Morgan fingerprint density at radius 3 is 2.43 bits per heavy atom. The minimum Gasteiger partial charge on any atom is -0.371 e. The van der Waals surface area contributed by atoms with E-state index in [9.17, 15) is 4.79 Å². The SMILES string of the molecule is Cc1cc(NC(=O)CSc2nnc(N3CCCC3)n2C2CC2)ccc1N1CCCC1. The topological polar surface area (TPSA) is 66.3 Å². The van der Waals surface area contributed by atoms with Gasteiger partial charge in [-0.15, -0.1) is 10.2 Å². The summed E-state index contributed by atoms with van der Waals surface area (Å²) in [5, 5.41) is 12.8. The Balaban J connectivity index is 1.21. The number of aromatic nitrogens is 3. The highest BCUT2D eigenvalue weighted by Crippen LogP contribution is 2.41. The highest BCUT2D eigenvalue weighted by Gasteiger charge is 2.32. The van der Waals surface area contributed by atoms with Gasteiger partial charge in [0.25, 0.3) is 0 Å². The third-order valence-electron chi connectivity index (χ3n) is 6.21. The molecule has 3 heterocycles. The maximum Gasteiger partial charge on any atom is 0.234 e. The van der Waals surface area contributed by atoms with E-state index in [1.165, 1.54) is 61.5 Å². The Hall–Kier alpha value is -2.22. The first-order valence-corrected chi connectivity index (χ1v) is 12.2. The van der Waals surface area contributed by atoms with Crippen LogP contribution in [0, 0.1) is 6.92 Å². The smallest absolute Gasteiger partial charge is 0.234 e. The minimum absolute atomic E-state index is 0.00129. The van der Waals surface area contributed by atoms with E-state index in [4.69, 9.17) is 0 Å². The zero-order valence-corrected chi connectivity index (χ0v) is 18.5. The van der Waals surface area contributed by atoms with Crippen molar-refractivity contribution in [3.63, 3.8) is 0 Å². The van der Waals surface area contributed by atoms with Gasteiger partial charge in [-0.1, -0.05) is 11.8 Å². The molecule has 1 N–H and O–H groups in total. The second kappa shape index (κ2) is 8.49. The van der Waals surface area contributed by atoms with Gasteiger partial charge in [0.2, 0.25) is 11.9 Å². The molecule has 1 saturated carbocycles. The molecular weight excluding hydrogens is 396 g/mol. The summed E-state index contributed by atoms with van der Waals surface area (Å²) in [5.74, 6) is 1.34. The third-order valence-corrected chi connectivity index (χ3v) is 7.15. The van der Waals surface area contributed by atoms with Crippen LogP contribution in [0.25, 0.3) is 0 Å². The fraction of sp³-hybridized carbons (Fsp3) is 0.591. The molecule has 7 nitrogen and oxygen atoms in total. The number of hydrogen-bond acceptors (Lipinski definition) is 6. The van der Waals surface area contributed by atoms with E-state index in [0.29, 0.717) is 11.8 Å². The van der Waals surface area contributed by atoms with E-state index in [-0.39, 0.29) is 5.91 Å². The second-order valence-corrected chi connectivity index (χ2v) is 9.55. The molecular formula is C22H30N6OS. The van der Waals surface area contributed by atoms with Crippen molar-refractivity contribution in [1.82, 2.24) is 14.8 Å². The van der Waals surface area contributed by atoms with Crippen molar-refractivity contribution >= 4 is 35.0 Å². The Morgan fingerprint density at radius 2 is 1.77 bits per heavy atom. The largest absolute Gasteiger partial charge is 0.371 e. The lowest BCUT2D eigenvalue weighted by atomic mass is 10.1.